The van der Waals surface area contributed by atoms with Crippen LogP contribution in [0.5, 0.6) is 0 Å². The van der Waals surface area contributed by atoms with Crippen LogP contribution in [0.25, 0.3) is 0 Å². The maximum Gasteiger partial charge on any atom is 0.194 e. The highest BCUT2D eigenvalue weighted by Gasteiger charge is 2.39. The monoisotopic (exact) mass is 193 g/mol. The van der Waals surface area contributed by atoms with Gasteiger partial charge in [-0.2, -0.15) is 0 Å². The van der Waals surface area contributed by atoms with E-state index in [-0.39, 0.29) is 0 Å². The van der Waals surface area contributed by atoms with E-state index in [1.165, 1.54) is 44.6 Å². The zero-order valence-corrected chi connectivity index (χ0v) is 8.71. The number of rotatable bonds is 0. The van der Waals surface area contributed by atoms with Gasteiger partial charge in [0, 0.05) is 25.7 Å². The fourth-order valence-corrected chi connectivity index (χ4v) is 3.05. The summed E-state index contributed by atoms with van der Waals surface area (Å²) in [6.45, 7) is 3.40. The lowest BCUT2D eigenvalue weighted by molar-refractivity contribution is 0.317. The van der Waals surface area contributed by atoms with Gasteiger partial charge in [-0.15, -0.1) is 0 Å². The third kappa shape index (κ3) is 1.39. The molecule has 1 aliphatic carbocycles. The number of hydrogen-bond acceptors (Lipinski definition) is 3. The van der Waals surface area contributed by atoms with Crippen LogP contribution in [0.1, 0.15) is 32.1 Å². The second-order valence-corrected chi connectivity index (χ2v) is 4.82. The van der Waals surface area contributed by atoms with Gasteiger partial charge in [0.1, 0.15) is 0 Å². The molecule has 2 fully saturated rings. The van der Waals surface area contributed by atoms with Crippen LogP contribution in [0.3, 0.4) is 0 Å². The Labute approximate surface area is 85.6 Å². The van der Waals surface area contributed by atoms with Crippen molar-refractivity contribution in [1.29, 1.82) is 0 Å². The van der Waals surface area contributed by atoms with Crippen LogP contribution in [-0.2, 0) is 0 Å². The molecule has 0 aromatic heterocycles. The lowest BCUT2D eigenvalue weighted by atomic mass is 10.1. The second-order valence-electron chi connectivity index (χ2n) is 4.82. The molecule has 0 aromatic rings. The van der Waals surface area contributed by atoms with Gasteiger partial charge in [0.05, 0.1) is 0 Å². The minimum absolute atomic E-state index is 0.810. The van der Waals surface area contributed by atoms with Crippen LogP contribution in [0, 0.1) is 5.92 Å². The minimum Gasteiger partial charge on any atom is -0.356 e. The summed E-state index contributed by atoms with van der Waals surface area (Å²) in [5.74, 6) is 2.17. The first kappa shape index (κ1) is 8.57. The zero-order chi connectivity index (χ0) is 9.38. The summed E-state index contributed by atoms with van der Waals surface area (Å²) in [5, 5.41) is 3.48. The second kappa shape index (κ2) is 3.44. The van der Waals surface area contributed by atoms with Gasteiger partial charge in [0.2, 0.25) is 0 Å². The van der Waals surface area contributed by atoms with Crippen LogP contribution < -0.4 is 5.32 Å². The van der Waals surface area contributed by atoms with Gasteiger partial charge in [-0.1, -0.05) is 0 Å². The third-order valence-corrected chi connectivity index (χ3v) is 3.81. The molecule has 0 amide bonds. The molecule has 78 valence electrons. The topological polar surface area (TPSA) is 27.6 Å². The van der Waals surface area contributed by atoms with Gasteiger partial charge >= 0.3 is 0 Å². The SMILES string of the molecule is C1CCNC(N2CC3CCC2C3)=NC1. The Bertz CT molecular complexity index is 249. The van der Waals surface area contributed by atoms with Crippen LogP contribution >= 0.6 is 0 Å². The maximum atomic E-state index is 4.66. The first-order chi connectivity index (χ1) is 6.93. The van der Waals surface area contributed by atoms with Gasteiger partial charge in [0.25, 0.3) is 0 Å². The van der Waals surface area contributed by atoms with Crippen molar-refractivity contribution < 1.29 is 0 Å². The predicted octanol–water partition coefficient (Wildman–Crippen LogP) is 1.21. The summed E-state index contributed by atoms with van der Waals surface area (Å²) >= 11 is 0. The first-order valence-corrected chi connectivity index (χ1v) is 5.98. The summed E-state index contributed by atoms with van der Waals surface area (Å²) in [7, 11) is 0. The third-order valence-electron chi connectivity index (χ3n) is 3.81. The van der Waals surface area contributed by atoms with Gasteiger partial charge in [0.15, 0.2) is 5.96 Å². The van der Waals surface area contributed by atoms with Crippen LogP contribution in [-0.4, -0.2) is 36.5 Å². The first-order valence-electron chi connectivity index (χ1n) is 5.98. The highest BCUT2D eigenvalue weighted by atomic mass is 15.3. The number of likely N-dealkylation sites (tertiary alicyclic amines) is 1. The molecule has 3 aliphatic rings. The van der Waals surface area contributed by atoms with Gasteiger partial charge < -0.3 is 10.2 Å². The van der Waals surface area contributed by atoms with E-state index in [0.717, 1.165) is 25.0 Å². The molecule has 2 unspecified atom stereocenters. The molecule has 14 heavy (non-hydrogen) atoms. The molecule has 2 bridgehead atoms. The average molecular weight is 193 g/mol. The lowest BCUT2D eigenvalue weighted by Crippen LogP contribution is -2.45. The summed E-state index contributed by atoms with van der Waals surface area (Å²) in [4.78, 5) is 7.18. The van der Waals surface area contributed by atoms with Crippen molar-refractivity contribution in [3.63, 3.8) is 0 Å². The Morgan fingerprint density at radius 3 is 3.07 bits per heavy atom. The van der Waals surface area contributed by atoms with Crippen molar-refractivity contribution >= 4 is 5.96 Å². The largest absolute Gasteiger partial charge is 0.356 e. The Morgan fingerprint density at radius 1 is 1.29 bits per heavy atom. The molecule has 1 saturated heterocycles. The fourth-order valence-electron chi connectivity index (χ4n) is 3.05. The van der Waals surface area contributed by atoms with E-state index in [1.807, 2.05) is 0 Å². The molecule has 3 heteroatoms. The number of aliphatic imine (C=N–C) groups is 1. The predicted molar refractivity (Wildman–Crippen MR) is 57.4 cm³/mol. The lowest BCUT2D eigenvalue weighted by Gasteiger charge is -2.30. The molecule has 0 aromatic carbocycles. The molecule has 2 atom stereocenters. The molecule has 2 heterocycles. The number of guanidine groups is 1. The van der Waals surface area contributed by atoms with Crippen molar-refractivity contribution in [3.05, 3.63) is 0 Å². The van der Waals surface area contributed by atoms with E-state index in [0.29, 0.717) is 0 Å². The van der Waals surface area contributed by atoms with Gasteiger partial charge in [-0.05, 0) is 38.0 Å². The van der Waals surface area contributed by atoms with E-state index in [9.17, 15) is 0 Å². The fraction of sp³-hybridized carbons (Fsp3) is 0.909. The highest BCUT2D eigenvalue weighted by Crippen LogP contribution is 2.37. The Hall–Kier alpha value is -0.730. The molecule has 0 radical (unpaired) electrons. The number of nitrogens with one attached hydrogen (secondary N) is 1. The van der Waals surface area contributed by atoms with Crippen molar-refractivity contribution in [3.8, 4) is 0 Å². The normalized spacial score (nSPS) is 36.6. The van der Waals surface area contributed by atoms with Crippen LogP contribution in [0.4, 0.5) is 0 Å². The van der Waals surface area contributed by atoms with Gasteiger partial charge in [-0.3, -0.25) is 4.99 Å². The number of nitrogens with zero attached hydrogens (tertiary/aromatic N) is 2. The minimum atomic E-state index is 0.810. The van der Waals surface area contributed by atoms with Crippen LogP contribution in [0.2, 0.25) is 0 Å². The van der Waals surface area contributed by atoms with E-state index in [2.05, 4.69) is 15.2 Å². The van der Waals surface area contributed by atoms with E-state index >= 15 is 0 Å². The zero-order valence-electron chi connectivity index (χ0n) is 8.71. The summed E-state index contributed by atoms with van der Waals surface area (Å²) in [5.41, 5.74) is 0. The number of fused-ring (bicyclic) bond motifs is 2. The average Bonchev–Trinajstić information content (AvgIpc) is 2.72. The Balaban J connectivity index is 1.72. The summed E-state index contributed by atoms with van der Waals surface area (Å²) in [6.07, 6.45) is 6.79. The molecular formula is C11H19N3. The standard InChI is InChI=1S/C11H19N3/c1-2-6-13-11(12-5-1)14-8-9-3-4-10(14)7-9/h9-10H,1-8H2,(H,12,13). The smallest absolute Gasteiger partial charge is 0.194 e. The van der Waals surface area contributed by atoms with Crippen LogP contribution in [0.15, 0.2) is 4.99 Å². The molecular weight excluding hydrogens is 174 g/mol. The Morgan fingerprint density at radius 2 is 2.29 bits per heavy atom. The van der Waals surface area contributed by atoms with Crippen molar-refractivity contribution in [2.75, 3.05) is 19.6 Å². The molecule has 1 N–H and O–H groups in total. The van der Waals surface area contributed by atoms with Crippen molar-refractivity contribution in [1.82, 2.24) is 10.2 Å². The molecule has 1 saturated carbocycles. The number of piperidine rings is 1. The van der Waals surface area contributed by atoms with Gasteiger partial charge in [-0.25, -0.2) is 0 Å². The Kier molecular flexibility index (Phi) is 2.11. The maximum absolute atomic E-state index is 4.66. The van der Waals surface area contributed by atoms with E-state index < -0.39 is 0 Å². The van der Waals surface area contributed by atoms with E-state index in [1.54, 1.807) is 0 Å². The molecule has 0 spiro atoms. The molecule has 3 nitrogen and oxygen atoms in total. The summed E-state index contributed by atoms with van der Waals surface area (Å²) < 4.78 is 0. The number of hydrogen-bond donors (Lipinski definition) is 1. The molecule has 3 rings (SSSR count). The van der Waals surface area contributed by atoms with E-state index in [4.69, 9.17) is 0 Å². The van der Waals surface area contributed by atoms with Crippen molar-refractivity contribution in [2.24, 2.45) is 10.9 Å². The molecule has 2 aliphatic heterocycles. The van der Waals surface area contributed by atoms with Crippen molar-refractivity contribution in [2.45, 2.75) is 38.1 Å². The quantitative estimate of drug-likeness (QED) is 0.626. The highest BCUT2D eigenvalue weighted by molar-refractivity contribution is 5.81. The summed E-state index contributed by atoms with van der Waals surface area (Å²) in [6, 6.07) is 0.810.